The molecule has 3 unspecified atom stereocenters. The molecule has 0 saturated heterocycles. The second-order valence-corrected chi connectivity index (χ2v) is 5.12. The topological polar surface area (TPSA) is 129 Å². The van der Waals surface area contributed by atoms with E-state index >= 15 is 0 Å². The number of carbonyl (C=O) groups excluding carboxylic acids is 3. The predicted molar refractivity (Wildman–Crippen MR) is 72.4 cm³/mol. The molecule has 1 aromatic carbocycles. The van der Waals surface area contributed by atoms with Gasteiger partial charge >= 0.3 is 0 Å². The van der Waals surface area contributed by atoms with Crippen LogP contribution in [0.1, 0.15) is 12.0 Å². The van der Waals surface area contributed by atoms with E-state index in [0.717, 1.165) is 5.56 Å². The van der Waals surface area contributed by atoms with Crippen molar-refractivity contribution in [2.24, 2.45) is 22.6 Å². The zero-order valence-corrected chi connectivity index (χ0v) is 10.9. The smallest absolute Gasteiger partial charge is 0.218 e. The van der Waals surface area contributed by atoms with Gasteiger partial charge in [-0.25, -0.2) is 0 Å². The standard InChI is InChI=1S/C14H17N3O3/c15-9(6-8-4-2-1-3-5-8)12(19)14(7-10(16)18)11(17)13(14)20/h1-5,9,11H,6-7,15,17H2,(H2,16,18). The normalized spacial score (nSPS) is 26.1. The Kier molecular flexibility index (Phi) is 3.69. The quantitative estimate of drug-likeness (QED) is 0.567. The van der Waals surface area contributed by atoms with Gasteiger partial charge in [-0.15, -0.1) is 0 Å². The minimum absolute atomic E-state index is 0.292. The molecule has 106 valence electrons. The Hall–Kier alpha value is -2.05. The molecular formula is C14H17N3O3. The molecule has 6 nitrogen and oxygen atoms in total. The average molecular weight is 275 g/mol. The molecule has 1 aliphatic carbocycles. The molecule has 1 amide bonds. The second kappa shape index (κ2) is 5.15. The van der Waals surface area contributed by atoms with Gasteiger partial charge in [-0.05, 0) is 12.0 Å². The molecule has 0 radical (unpaired) electrons. The molecule has 6 heteroatoms. The maximum absolute atomic E-state index is 12.4. The number of hydrogen-bond donors (Lipinski definition) is 3. The summed E-state index contributed by atoms with van der Waals surface area (Å²) in [6, 6.07) is 7.34. The summed E-state index contributed by atoms with van der Waals surface area (Å²) in [6.07, 6.45) is -0.0749. The highest BCUT2D eigenvalue weighted by atomic mass is 16.2. The highest BCUT2D eigenvalue weighted by Crippen LogP contribution is 2.44. The molecule has 0 aromatic heterocycles. The Bertz CT molecular complexity index is 558. The summed E-state index contributed by atoms with van der Waals surface area (Å²) >= 11 is 0. The Labute approximate surface area is 116 Å². The van der Waals surface area contributed by atoms with Crippen molar-refractivity contribution in [3.05, 3.63) is 35.9 Å². The van der Waals surface area contributed by atoms with Gasteiger partial charge < -0.3 is 17.2 Å². The molecule has 1 aliphatic rings. The van der Waals surface area contributed by atoms with E-state index in [1.54, 1.807) is 0 Å². The van der Waals surface area contributed by atoms with Gasteiger partial charge in [0, 0.05) is 6.42 Å². The molecule has 0 bridgehead atoms. The van der Waals surface area contributed by atoms with Gasteiger partial charge in [0.05, 0.1) is 12.1 Å². The van der Waals surface area contributed by atoms with Crippen LogP contribution < -0.4 is 17.2 Å². The van der Waals surface area contributed by atoms with Gasteiger partial charge in [-0.2, -0.15) is 0 Å². The molecule has 0 aliphatic heterocycles. The monoisotopic (exact) mass is 275 g/mol. The number of carbonyl (C=O) groups is 3. The van der Waals surface area contributed by atoms with Crippen molar-refractivity contribution in [2.75, 3.05) is 0 Å². The molecule has 6 N–H and O–H groups in total. The van der Waals surface area contributed by atoms with Crippen LogP contribution in [0.5, 0.6) is 0 Å². The van der Waals surface area contributed by atoms with E-state index in [1.165, 1.54) is 0 Å². The predicted octanol–water partition coefficient (Wildman–Crippen LogP) is -1.10. The summed E-state index contributed by atoms with van der Waals surface area (Å²) in [4.78, 5) is 35.1. The lowest BCUT2D eigenvalue weighted by Crippen LogP contribution is -2.43. The molecule has 0 heterocycles. The van der Waals surface area contributed by atoms with Gasteiger partial charge in [0.1, 0.15) is 5.41 Å². The number of primary amides is 1. The number of nitrogens with two attached hydrogens (primary N) is 3. The zero-order chi connectivity index (χ0) is 14.9. The third-order valence-corrected chi connectivity index (χ3v) is 3.70. The first-order chi connectivity index (χ1) is 9.39. The van der Waals surface area contributed by atoms with Crippen molar-refractivity contribution in [2.45, 2.75) is 24.9 Å². The summed E-state index contributed by atoms with van der Waals surface area (Å²) in [5.74, 6) is -1.69. The van der Waals surface area contributed by atoms with Crippen LogP contribution in [-0.2, 0) is 20.8 Å². The van der Waals surface area contributed by atoms with Gasteiger partial charge in [0.15, 0.2) is 11.6 Å². The van der Waals surface area contributed by atoms with Crippen molar-refractivity contribution in [3.8, 4) is 0 Å². The van der Waals surface area contributed by atoms with Crippen LogP contribution in [0.25, 0.3) is 0 Å². The lowest BCUT2D eigenvalue weighted by molar-refractivity contribution is -0.133. The summed E-state index contributed by atoms with van der Waals surface area (Å²) in [5.41, 5.74) is 15.9. The SMILES string of the molecule is NC(=O)CC1(C(=O)C(N)Cc2ccccc2)C(=O)C1N. The molecular weight excluding hydrogens is 258 g/mol. The first-order valence-corrected chi connectivity index (χ1v) is 6.31. The Balaban J connectivity index is 2.13. The fraction of sp³-hybridized carbons (Fsp3) is 0.357. The van der Waals surface area contributed by atoms with Gasteiger partial charge in [-0.1, -0.05) is 30.3 Å². The van der Waals surface area contributed by atoms with Gasteiger partial charge in [-0.3, -0.25) is 14.4 Å². The molecule has 1 aromatic rings. The number of amides is 1. The minimum atomic E-state index is -1.50. The molecule has 3 atom stereocenters. The van der Waals surface area contributed by atoms with E-state index in [-0.39, 0.29) is 6.42 Å². The highest BCUT2D eigenvalue weighted by molar-refractivity contribution is 6.27. The summed E-state index contributed by atoms with van der Waals surface area (Å²) in [5, 5.41) is 0. The molecule has 20 heavy (non-hydrogen) atoms. The second-order valence-electron chi connectivity index (χ2n) is 5.12. The third-order valence-electron chi connectivity index (χ3n) is 3.70. The van der Waals surface area contributed by atoms with E-state index < -0.39 is 35.0 Å². The van der Waals surface area contributed by atoms with Gasteiger partial charge in [0.2, 0.25) is 5.91 Å². The maximum Gasteiger partial charge on any atom is 0.218 e. The van der Waals surface area contributed by atoms with Crippen LogP contribution >= 0.6 is 0 Å². The molecule has 1 fully saturated rings. The largest absolute Gasteiger partial charge is 0.370 e. The van der Waals surface area contributed by atoms with Gasteiger partial charge in [0.25, 0.3) is 0 Å². The zero-order valence-electron chi connectivity index (χ0n) is 10.9. The third kappa shape index (κ3) is 2.35. The van der Waals surface area contributed by atoms with E-state index in [9.17, 15) is 14.4 Å². The number of rotatable bonds is 6. The lowest BCUT2D eigenvalue weighted by atomic mass is 9.88. The lowest BCUT2D eigenvalue weighted by Gasteiger charge is -2.17. The van der Waals surface area contributed by atoms with Crippen molar-refractivity contribution in [1.82, 2.24) is 0 Å². The Morgan fingerprint density at radius 2 is 1.80 bits per heavy atom. The molecule has 0 spiro atoms. The number of Topliss-reactive ketones (excluding diaryl/α,β-unsaturated/α-hetero) is 2. The van der Waals surface area contributed by atoms with Crippen molar-refractivity contribution in [1.29, 1.82) is 0 Å². The first-order valence-electron chi connectivity index (χ1n) is 6.31. The van der Waals surface area contributed by atoms with Crippen LogP contribution in [0.3, 0.4) is 0 Å². The number of ketones is 2. The van der Waals surface area contributed by atoms with Crippen LogP contribution in [0.4, 0.5) is 0 Å². The van der Waals surface area contributed by atoms with Crippen LogP contribution in [0, 0.1) is 5.41 Å². The Morgan fingerprint density at radius 1 is 1.25 bits per heavy atom. The molecule has 1 saturated carbocycles. The summed E-state index contributed by atoms with van der Waals surface area (Å²) in [7, 11) is 0. The fourth-order valence-electron chi connectivity index (χ4n) is 2.50. The minimum Gasteiger partial charge on any atom is -0.370 e. The van der Waals surface area contributed by atoms with Crippen LogP contribution in [0.2, 0.25) is 0 Å². The summed E-state index contributed by atoms with van der Waals surface area (Å²) in [6.45, 7) is 0. The highest BCUT2D eigenvalue weighted by Gasteiger charge is 2.69. The summed E-state index contributed by atoms with van der Waals surface area (Å²) < 4.78 is 0. The van der Waals surface area contributed by atoms with E-state index in [0.29, 0.717) is 6.42 Å². The van der Waals surface area contributed by atoms with E-state index in [2.05, 4.69) is 0 Å². The average Bonchev–Trinajstić information content (AvgIpc) is 2.92. The van der Waals surface area contributed by atoms with Crippen LogP contribution in [-0.4, -0.2) is 29.6 Å². The number of benzene rings is 1. The fourth-order valence-corrected chi connectivity index (χ4v) is 2.50. The first kappa shape index (κ1) is 14.4. The van der Waals surface area contributed by atoms with Crippen molar-refractivity contribution < 1.29 is 14.4 Å². The van der Waals surface area contributed by atoms with Crippen molar-refractivity contribution >= 4 is 17.5 Å². The van der Waals surface area contributed by atoms with E-state index in [4.69, 9.17) is 17.2 Å². The Morgan fingerprint density at radius 3 is 2.25 bits per heavy atom. The van der Waals surface area contributed by atoms with E-state index in [1.807, 2.05) is 30.3 Å². The van der Waals surface area contributed by atoms with Crippen molar-refractivity contribution in [3.63, 3.8) is 0 Å². The van der Waals surface area contributed by atoms with Crippen LogP contribution in [0.15, 0.2) is 30.3 Å². The number of hydrogen-bond acceptors (Lipinski definition) is 5. The molecule has 2 rings (SSSR count). The maximum atomic E-state index is 12.4.